The van der Waals surface area contributed by atoms with E-state index in [-0.39, 0.29) is 23.5 Å². The van der Waals surface area contributed by atoms with E-state index in [2.05, 4.69) is 36.5 Å². The van der Waals surface area contributed by atoms with Crippen molar-refractivity contribution in [3.05, 3.63) is 59.7 Å². The molecule has 2 aliphatic rings. The molecule has 1 N–H and O–H groups in total. The molecule has 1 amide bonds. The predicted octanol–water partition coefficient (Wildman–Crippen LogP) is 6.00. The van der Waals surface area contributed by atoms with E-state index >= 15 is 0 Å². The minimum absolute atomic E-state index is 0.00632. The molecule has 4 rings (SSSR count). The van der Waals surface area contributed by atoms with Gasteiger partial charge in [0.25, 0.3) is 0 Å². The van der Waals surface area contributed by atoms with Crippen molar-refractivity contribution in [2.75, 3.05) is 0 Å². The summed E-state index contributed by atoms with van der Waals surface area (Å²) in [6, 6.07) is 16.8. The topological polar surface area (TPSA) is 47.6 Å². The normalized spacial score (nSPS) is 24.3. The second-order valence-corrected chi connectivity index (χ2v) is 9.78. The molecule has 4 heteroatoms. The summed E-state index contributed by atoms with van der Waals surface area (Å²) in [7, 11) is 0. The summed E-state index contributed by atoms with van der Waals surface area (Å²) in [4.78, 5) is 11.2. The summed E-state index contributed by atoms with van der Waals surface area (Å²) in [6.07, 6.45) is 8.77. The summed E-state index contributed by atoms with van der Waals surface area (Å²) >= 11 is 0. The minimum Gasteiger partial charge on any atom is -0.490 e. The van der Waals surface area contributed by atoms with Crippen molar-refractivity contribution in [3.63, 3.8) is 0 Å². The van der Waals surface area contributed by atoms with E-state index in [1.54, 1.807) is 6.92 Å². The van der Waals surface area contributed by atoms with Crippen LogP contribution < -0.4 is 14.8 Å². The van der Waals surface area contributed by atoms with E-state index < -0.39 is 0 Å². The Kier molecular flexibility index (Phi) is 6.54. The summed E-state index contributed by atoms with van der Waals surface area (Å²) in [5.74, 6) is 1.90. The molecule has 3 unspecified atom stereocenters. The van der Waals surface area contributed by atoms with Gasteiger partial charge in [-0.15, -0.1) is 0 Å². The van der Waals surface area contributed by atoms with Crippen LogP contribution in [0, 0.1) is 5.41 Å². The van der Waals surface area contributed by atoms with Gasteiger partial charge in [-0.2, -0.15) is 0 Å². The maximum absolute atomic E-state index is 11.2. The van der Waals surface area contributed by atoms with Crippen molar-refractivity contribution in [2.24, 2.45) is 5.41 Å². The number of nitrogens with one attached hydrogen (secondary N) is 1. The van der Waals surface area contributed by atoms with Gasteiger partial charge in [0.05, 0.1) is 18.2 Å². The first kappa shape index (κ1) is 21.7. The van der Waals surface area contributed by atoms with E-state index in [0.717, 1.165) is 36.3 Å². The Morgan fingerprint density at radius 2 is 1.61 bits per heavy atom. The molecule has 0 spiro atoms. The summed E-state index contributed by atoms with van der Waals surface area (Å²) < 4.78 is 12.3. The van der Waals surface area contributed by atoms with Crippen LogP contribution >= 0.6 is 0 Å². The number of amides is 1. The minimum atomic E-state index is -0.0152. The molecule has 166 valence electrons. The van der Waals surface area contributed by atoms with Crippen LogP contribution in [0.3, 0.4) is 0 Å². The highest BCUT2D eigenvalue weighted by molar-refractivity contribution is 5.73. The highest BCUT2D eigenvalue weighted by Crippen LogP contribution is 2.42. The van der Waals surface area contributed by atoms with Crippen LogP contribution in [0.2, 0.25) is 0 Å². The molecule has 0 radical (unpaired) electrons. The third-order valence-electron chi connectivity index (χ3n) is 6.80. The van der Waals surface area contributed by atoms with E-state index in [1.165, 1.54) is 31.2 Å². The maximum Gasteiger partial charge on any atom is 0.217 e. The fourth-order valence-corrected chi connectivity index (χ4v) is 4.80. The molecule has 2 fully saturated rings. The van der Waals surface area contributed by atoms with Crippen LogP contribution in [0.1, 0.15) is 76.5 Å². The van der Waals surface area contributed by atoms with E-state index in [0.29, 0.717) is 6.10 Å². The molecule has 2 aromatic carbocycles. The molecule has 2 saturated carbocycles. The molecule has 0 saturated heterocycles. The van der Waals surface area contributed by atoms with Crippen molar-refractivity contribution in [3.8, 4) is 11.5 Å². The molecule has 0 aliphatic heterocycles. The van der Waals surface area contributed by atoms with Crippen LogP contribution in [-0.4, -0.2) is 18.1 Å². The number of rotatable bonds is 8. The van der Waals surface area contributed by atoms with Crippen LogP contribution in [-0.2, 0) is 11.2 Å². The lowest BCUT2D eigenvalue weighted by Crippen LogP contribution is -2.24. The predicted molar refractivity (Wildman–Crippen MR) is 123 cm³/mol. The standard InChI is InChI=1S/C27H35NO3/c1-19(28-20(2)29)22-9-13-25(14-10-22)31-26-15-16-27(3,18-26)17-21-7-11-24(12-8-21)30-23-5-4-6-23/h7-14,19,23,26H,4-6,15-18H2,1-3H3,(H,28,29). The summed E-state index contributed by atoms with van der Waals surface area (Å²) in [6.45, 7) is 5.92. The first-order chi connectivity index (χ1) is 14.9. The average molecular weight is 422 g/mol. The summed E-state index contributed by atoms with van der Waals surface area (Å²) in [5, 5.41) is 2.92. The number of benzene rings is 2. The quantitative estimate of drug-likeness (QED) is 0.569. The summed E-state index contributed by atoms with van der Waals surface area (Å²) in [5.41, 5.74) is 2.73. The third-order valence-corrected chi connectivity index (χ3v) is 6.80. The van der Waals surface area contributed by atoms with Gasteiger partial charge in [-0.25, -0.2) is 0 Å². The van der Waals surface area contributed by atoms with Crippen LogP contribution in [0.15, 0.2) is 48.5 Å². The SMILES string of the molecule is CC(=O)NC(C)c1ccc(OC2CCC(C)(Cc3ccc(OC4CCC4)cc3)C2)cc1. The van der Waals surface area contributed by atoms with Crippen molar-refractivity contribution >= 4 is 5.91 Å². The number of carbonyl (C=O) groups excluding carboxylic acids is 1. The monoisotopic (exact) mass is 421 g/mol. The van der Waals surface area contributed by atoms with Gasteiger partial charge in [-0.05, 0) is 92.7 Å². The Labute approximate surface area is 186 Å². The Morgan fingerprint density at radius 3 is 2.19 bits per heavy atom. The molecule has 0 bridgehead atoms. The first-order valence-corrected chi connectivity index (χ1v) is 11.7. The highest BCUT2D eigenvalue weighted by Gasteiger charge is 2.36. The van der Waals surface area contributed by atoms with Gasteiger partial charge in [0, 0.05) is 6.92 Å². The largest absolute Gasteiger partial charge is 0.490 e. The fourth-order valence-electron chi connectivity index (χ4n) is 4.80. The molecule has 2 aromatic rings. The van der Waals surface area contributed by atoms with Gasteiger partial charge in [-0.1, -0.05) is 31.2 Å². The van der Waals surface area contributed by atoms with Gasteiger partial charge >= 0.3 is 0 Å². The molecule has 3 atom stereocenters. The fraction of sp³-hybridized carbons (Fsp3) is 0.519. The zero-order valence-electron chi connectivity index (χ0n) is 19.0. The first-order valence-electron chi connectivity index (χ1n) is 11.7. The van der Waals surface area contributed by atoms with Gasteiger partial charge in [0.2, 0.25) is 5.91 Å². The van der Waals surface area contributed by atoms with E-state index in [4.69, 9.17) is 9.47 Å². The molecular formula is C27H35NO3. The average Bonchev–Trinajstić information content (AvgIpc) is 3.06. The lowest BCUT2D eigenvalue weighted by atomic mass is 9.82. The molecule has 31 heavy (non-hydrogen) atoms. The van der Waals surface area contributed by atoms with Gasteiger partial charge in [-0.3, -0.25) is 4.79 Å². The number of carbonyl (C=O) groups is 1. The lowest BCUT2D eigenvalue weighted by Gasteiger charge is -2.27. The Balaban J connectivity index is 1.28. The molecule has 0 heterocycles. The number of hydrogen-bond donors (Lipinski definition) is 1. The van der Waals surface area contributed by atoms with Crippen LogP contribution in [0.5, 0.6) is 11.5 Å². The zero-order chi connectivity index (χ0) is 21.8. The van der Waals surface area contributed by atoms with E-state index in [1.807, 2.05) is 31.2 Å². The van der Waals surface area contributed by atoms with Crippen LogP contribution in [0.4, 0.5) is 0 Å². The third kappa shape index (κ3) is 5.81. The Bertz CT molecular complexity index is 872. The van der Waals surface area contributed by atoms with Gasteiger partial charge < -0.3 is 14.8 Å². The molecule has 4 nitrogen and oxygen atoms in total. The van der Waals surface area contributed by atoms with Crippen molar-refractivity contribution in [1.82, 2.24) is 5.32 Å². The second-order valence-electron chi connectivity index (χ2n) is 9.78. The smallest absolute Gasteiger partial charge is 0.217 e. The van der Waals surface area contributed by atoms with E-state index in [9.17, 15) is 4.79 Å². The lowest BCUT2D eigenvalue weighted by molar-refractivity contribution is -0.119. The number of ether oxygens (including phenoxy) is 2. The van der Waals surface area contributed by atoms with Crippen LogP contribution in [0.25, 0.3) is 0 Å². The Hall–Kier alpha value is -2.49. The molecule has 2 aliphatic carbocycles. The maximum atomic E-state index is 11.2. The molecular weight excluding hydrogens is 386 g/mol. The second kappa shape index (κ2) is 9.33. The number of hydrogen-bond acceptors (Lipinski definition) is 3. The van der Waals surface area contributed by atoms with Gasteiger partial charge in [0.1, 0.15) is 11.5 Å². The van der Waals surface area contributed by atoms with Gasteiger partial charge in [0.15, 0.2) is 0 Å². The van der Waals surface area contributed by atoms with Crippen molar-refractivity contribution in [1.29, 1.82) is 0 Å². The molecule has 0 aromatic heterocycles. The highest BCUT2D eigenvalue weighted by atomic mass is 16.5. The van der Waals surface area contributed by atoms with Crippen molar-refractivity contribution < 1.29 is 14.3 Å². The Morgan fingerprint density at radius 1 is 1.00 bits per heavy atom. The zero-order valence-corrected chi connectivity index (χ0v) is 19.0. The van der Waals surface area contributed by atoms with Crippen molar-refractivity contribution in [2.45, 2.75) is 84.0 Å².